The van der Waals surface area contributed by atoms with Gasteiger partial charge in [0.1, 0.15) is 0 Å². The molecule has 28 heavy (non-hydrogen) atoms. The number of carbonyl (C=O) groups excluding carboxylic acids is 2. The van der Waals surface area contributed by atoms with Crippen molar-refractivity contribution in [2.24, 2.45) is 5.92 Å². The fourth-order valence-electron chi connectivity index (χ4n) is 4.26. The summed E-state index contributed by atoms with van der Waals surface area (Å²) in [5, 5.41) is 3.12. The Bertz CT molecular complexity index is 874. The van der Waals surface area contributed by atoms with Gasteiger partial charge in [0.05, 0.1) is 5.92 Å². The third-order valence-electron chi connectivity index (χ3n) is 5.47. The second-order valence-electron chi connectivity index (χ2n) is 8.23. The normalized spacial score (nSPS) is 16.8. The summed E-state index contributed by atoms with van der Waals surface area (Å²) in [4.78, 5) is 27.7. The van der Waals surface area contributed by atoms with E-state index in [-0.39, 0.29) is 17.7 Å². The van der Waals surface area contributed by atoms with E-state index in [0.717, 1.165) is 40.8 Å². The van der Waals surface area contributed by atoms with E-state index >= 15 is 0 Å². The predicted molar refractivity (Wildman–Crippen MR) is 114 cm³/mol. The third kappa shape index (κ3) is 4.44. The van der Waals surface area contributed by atoms with Crippen LogP contribution in [-0.2, 0) is 4.79 Å². The molecule has 4 heteroatoms. The van der Waals surface area contributed by atoms with E-state index in [0.29, 0.717) is 18.7 Å². The first-order chi connectivity index (χ1) is 13.2. The maximum Gasteiger partial charge on any atom is 0.253 e. The van der Waals surface area contributed by atoms with Gasteiger partial charge in [0.15, 0.2) is 0 Å². The molecule has 2 aromatic rings. The van der Waals surface area contributed by atoms with Crippen molar-refractivity contribution in [2.45, 2.75) is 47.5 Å². The van der Waals surface area contributed by atoms with Gasteiger partial charge >= 0.3 is 0 Å². The number of amides is 2. The van der Waals surface area contributed by atoms with E-state index < -0.39 is 0 Å². The Kier molecular flexibility index (Phi) is 5.87. The number of aryl methyl sites for hydroxylation is 5. The molecule has 0 radical (unpaired) electrons. The minimum absolute atomic E-state index is 0.00739. The number of hydrogen-bond donors (Lipinski definition) is 1. The zero-order valence-corrected chi connectivity index (χ0v) is 17.6. The van der Waals surface area contributed by atoms with Crippen molar-refractivity contribution >= 4 is 17.5 Å². The van der Waals surface area contributed by atoms with E-state index in [1.807, 2.05) is 44.7 Å². The number of hydrogen-bond acceptors (Lipinski definition) is 2. The molecule has 1 saturated heterocycles. The summed E-state index contributed by atoms with van der Waals surface area (Å²) in [6.45, 7) is 11.3. The van der Waals surface area contributed by atoms with Crippen LogP contribution in [0.3, 0.4) is 0 Å². The summed E-state index contributed by atoms with van der Waals surface area (Å²) >= 11 is 0. The number of carbonyl (C=O) groups is 2. The van der Waals surface area contributed by atoms with Crippen LogP contribution in [0.5, 0.6) is 0 Å². The van der Waals surface area contributed by atoms with Gasteiger partial charge in [-0.25, -0.2) is 0 Å². The molecular weight excluding hydrogens is 348 g/mol. The van der Waals surface area contributed by atoms with Crippen molar-refractivity contribution in [3.05, 3.63) is 63.7 Å². The number of nitrogens with one attached hydrogen (secondary N) is 1. The van der Waals surface area contributed by atoms with Crippen LogP contribution in [0, 0.1) is 40.5 Å². The minimum Gasteiger partial charge on any atom is -0.338 e. The van der Waals surface area contributed by atoms with Gasteiger partial charge in [0.2, 0.25) is 5.91 Å². The summed E-state index contributed by atoms with van der Waals surface area (Å²) in [5.74, 6) is -0.149. The molecule has 1 aliphatic heterocycles. The first-order valence-corrected chi connectivity index (χ1v) is 10.0. The number of nitrogens with zero attached hydrogens (tertiary/aromatic N) is 1. The molecule has 0 bridgehead atoms. The van der Waals surface area contributed by atoms with Crippen molar-refractivity contribution in [3.8, 4) is 0 Å². The Morgan fingerprint density at radius 1 is 0.893 bits per heavy atom. The Morgan fingerprint density at radius 3 is 2.07 bits per heavy atom. The van der Waals surface area contributed by atoms with Crippen molar-refractivity contribution in [1.82, 2.24) is 4.90 Å². The lowest BCUT2D eigenvalue weighted by molar-refractivity contribution is -0.121. The van der Waals surface area contributed by atoms with Crippen molar-refractivity contribution in [3.63, 3.8) is 0 Å². The Morgan fingerprint density at radius 2 is 1.46 bits per heavy atom. The van der Waals surface area contributed by atoms with Gasteiger partial charge in [-0.2, -0.15) is 0 Å². The largest absolute Gasteiger partial charge is 0.338 e. The van der Waals surface area contributed by atoms with Crippen molar-refractivity contribution in [2.75, 3.05) is 18.4 Å². The van der Waals surface area contributed by atoms with Crippen LogP contribution in [-0.4, -0.2) is 29.8 Å². The summed E-state index contributed by atoms with van der Waals surface area (Å²) in [6, 6.07) is 10.1. The highest BCUT2D eigenvalue weighted by Crippen LogP contribution is 2.25. The number of piperidine rings is 1. The van der Waals surface area contributed by atoms with Crippen LogP contribution >= 0.6 is 0 Å². The SMILES string of the molecule is Cc1cc(C)cc(C(=O)N2CCC[C@@H](C(=O)Nc3c(C)cc(C)cc3C)C2)c1. The van der Waals surface area contributed by atoms with E-state index in [9.17, 15) is 9.59 Å². The van der Waals surface area contributed by atoms with Crippen LogP contribution < -0.4 is 5.32 Å². The van der Waals surface area contributed by atoms with Gasteiger partial charge < -0.3 is 10.2 Å². The van der Waals surface area contributed by atoms with Gasteiger partial charge in [-0.05, 0) is 70.7 Å². The maximum atomic E-state index is 13.0. The molecule has 1 atom stereocenters. The fraction of sp³-hybridized carbons (Fsp3) is 0.417. The Labute approximate surface area is 167 Å². The summed E-state index contributed by atoms with van der Waals surface area (Å²) in [7, 11) is 0. The molecule has 1 heterocycles. The molecule has 1 aliphatic rings. The van der Waals surface area contributed by atoms with Crippen LogP contribution in [0.15, 0.2) is 30.3 Å². The molecule has 3 rings (SSSR count). The summed E-state index contributed by atoms with van der Waals surface area (Å²) in [6.07, 6.45) is 1.66. The zero-order chi connectivity index (χ0) is 20.4. The molecule has 0 spiro atoms. The van der Waals surface area contributed by atoms with Gasteiger partial charge in [-0.15, -0.1) is 0 Å². The zero-order valence-electron chi connectivity index (χ0n) is 17.6. The second kappa shape index (κ2) is 8.17. The summed E-state index contributed by atoms with van der Waals surface area (Å²) < 4.78 is 0. The quantitative estimate of drug-likeness (QED) is 0.840. The molecular formula is C24H30N2O2. The molecule has 4 nitrogen and oxygen atoms in total. The molecule has 1 N–H and O–H groups in total. The molecule has 0 saturated carbocycles. The standard InChI is InChI=1S/C24H30N2O2/c1-15-9-16(2)13-21(12-15)24(28)26-8-6-7-20(14-26)23(27)25-22-18(4)10-17(3)11-19(22)5/h9-13,20H,6-8,14H2,1-5H3,(H,25,27)/t20-/m1/s1. The highest BCUT2D eigenvalue weighted by molar-refractivity contribution is 5.97. The van der Waals surface area contributed by atoms with E-state index in [4.69, 9.17) is 0 Å². The number of benzene rings is 2. The monoisotopic (exact) mass is 378 g/mol. The predicted octanol–water partition coefficient (Wildman–Crippen LogP) is 4.72. The lowest BCUT2D eigenvalue weighted by Gasteiger charge is -2.32. The van der Waals surface area contributed by atoms with E-state index in [1.54, 1.807) is 0 Å². The first-order valence-electron chi connectivity index (χ1n) is 10.0. The van der Waals surface area contributed by atoms with Crippen LogP contribution in [0.1, 0.15) is 51.0 Å². The smallest absolute Gasteiger partial charge is 0.253 e. The molecule has 2 amide bonds. The van der Waals surface area contributed by atoms with Crippen molar-refractivity contribution < 1.29 is 9.59 Å². The number of rotatable bonds is 3. The molecule has 148 valence electrons. The van der Waals surface area contributed by atoms with Gasteiger partial charge in [-0.1, -0.05) is 34.9 Å². The highest BCUT2D eigenvalue weighted by Gasteiger charge is 2.29. The van der Waals surface area contributed by atoms with Crippen molar-refractivity contribution in [1.29, 1.82) is 0 Å². The highest BCUT2D eigenvalue weighted by atomic mass is 16.2. The van der Waals surface area contributed by atoms with Gasteiger partial charge in [-0.3, -0.25) is 9.59 Å². The lowest BCUT2D eigenvalue weighted by atomic mass is 9.95. The van der Waals surface area contributed by atoms with Gasteiger partial charge in [0, 0.05) is 24.3 Å². The molecule has 2 aromatic carbocycles. The first kappa shape index (κ1) is 20.1. The molecule has 1 fully saturated rings. The van der Waals surface area contributed by atoms with E-state index in [2.05, 4.69) is 30.4 Å². The Balaban J connectivity index is 1.72. The lowest BCUT2D eigenvalue weighted by Crippen LogP contribution is -2.43. The molecule has 0 unspecified atom stereocenters. The van der Waals surface area contributed by atoms with E-state index in [1.165, 1.54) is 5.56 Å². The third-order valence-corrected chi connectivity index (χ3v) is 5.47. The summed E-state index contributed by atoms with van der Waals surface area (Å²) in [5.41, 5.74) is 7.11. The second-order valence-corrected chi connectivity index (χ2v) is 8.23. The average molecular weight is 379 g/mol. The fourth-order valence-corrected chi connectivity index (χ4v) is 4.26. The molecule has 0 aliphatic carbocycles. The number of likely N-dealkylation sites (tertiary alicyclic amines) is 1. The average Bonchev–Trinajstić information content (AvgIpc) is 2.63. The maximum absolute atomic E-state index is 13.0. The minimum atomic E-state index is -0.177. The Hall–Kier alpha value is -2.62. The van der Waals surface area contributed by atoms with Crippen LogP contribution in [0.4, 0.5) is 5.69 Å². The number of anilines is 1. The molecule has 0 aromatic heterocycles. The van der Waals surface area contributed by atoms with Gasteiger partial charge in [0.25, 0.3) is 5.91 Å². The topological polar surface area (TPSA) is 49.4 Å². The van der Waals surface area contributed by atoms with Crippen LogP contribution in [0.25, 0.3) is 0 Å². The van der Waals surface area contributed by atoms with Crippen LogP contribution in [0.2, 0.25) is 0 Å².